The van der Waals surface area contributed by atoms with Gasteiger partial charge in [-0.3, -0.25) is 0 Å². The summed E-state index contributed by atoms with van der Waals surface area (Å²) in [6.07, 6.45) is 1.02. The van der Waals surface area contributed by atoms with Crippen LogP contribution in [0.5, 0.6) is 11.5 Å². The fourth-order valence-electron chi connectivity index (χ4n) is 1.51. The molecule has 0 fully saturated rings. The molecule has 0 radical (unpaired) electrons. The summed E-state index contributed by atoms with van der Waals surface area (Å²) < 4.78 is 5.65. The van der Waals surface area contributed by atoms with Gasteiger partial charge in [-0.1, -0.05) is 19.1 Å². The average molecular weight is 225 g/mol. The first kappa shape index (κ1) is 11.2. The number of nitrogens with zero attached hydrogens (tertiary/aromatic N) is 2. The lowest BCUT2D eigenvalue weighted by Gasteiger charge is -2.05. The molecule has 0 saturated carbocycles. The fraction of sp³-hybridized carbons (Fsp3) is 0.143. The number of diazo groups is 1. The first-order valence-electron chi connectivity index (χ1n) is 5.54. The van der Waals surface area contributed by atoms with Gasteiger partial charge in [-0.15, -0.1) is 0 Å². The molecule has 0 N–H and O–H groups in total. The van der Waals surface area contributed by atoms with Crippen molar-refractivity contribution in [1.82, 2.24) is 0 Å². The zero-order valence-corrected chi connectivity index (χ0v) is 9.63. The highest BCUT2D eigenvalue weighted by Crippen LogP contribution is 2.24. The smallest absolute Gasteiger partial charge is 0.385 e. The standard InChI is InChI=1S/C14H13N2O/c1-2-11-3-7-13(8-4-11)17-14-9-5-12(16-15)6-10-14/h3-10H,2H2,1H3/q+1. The average Bonchev–Trinajstić information content (AvgIpc) is 2.40. The van der Waals surface area contributed by atoms with Crippen LogP contribution in [-0.2, 0) is 6.42 Å². The molecule has 2 aromatic rings. The maximum absolute atomic E-state index is 8.56. The van der Waals surface area contributed by atoms with Crippen molar-refractivity contribution in [3.63, 3.8) is 0 Å². The SMILES string of the molecule is CCc1ccc(Oc2ccc([N+]#N)cc2)cc1. The Kier molecular flexibility index (Phi) is 3.37. The third kappa shape index (κ3) is 2.82. The molecule has 0 atom stereocenters. The summed E-state index contributed by atoms with van der Waals surface area (Å²) in [6, 6.07) is 14.9. The molecule has 0 saturated heterocycles. The summed E-state index contributed by atoms with van der Waals surface area (Å²) >= 11 is 0. The highest BCUT2D eigenvalue weighted by atomic mass is 16.5. The Labute approximate surface area is 100 Å². The maximum Gasteiger partial charge on any atom is 0.385 e. The summed E-state index contributed by atoms with van der Waals surface area (Å²) in [5.41, 5.74) is 1.80. The third-order valence-corrected chi connectivity index (χ3v) is 2.52. The Balaban J connectivity index is 2.11. The Morgan fingerprint density at radius 3 is 1.94 bits per heavy atom. The van der Waals surface area contributed by atoms with E-state index in [9.17, 15) is 0 Å². The van der Waals surface area contributed by atoms with E-state index < -0.39 is 0 Å². The van der Waals surface area contributed by atoms with Crippen LogP contribution in [0.4, 0.5) is 5.69 Å². The van der Waals surface area contributed by atoms with Gasteiger partial charge >= 0.3 is 5.69 Å². The summed E-state index contributed by atoms with van der Waals surface area (Å²) in [5, 5.41) is 8.56. The van der Waals surface area contributed by atoms with Crippen molar-refractivity contribution in [2.75, 3.05) is 0 Å². The molecule has 0 aromatic heterocycles. The van der Waals surface area contributed by atoms with Gasteiger partial charge in [-0.2, -0.15) is 0 Å². The Morgan fingerprint density at radius 2 is 1.47 bits per heavy atom. The van der Waals surface area contributed by atoms with Gasteiger partial charge in [-0.05, 0) is 36.2 Å². The van der Waals surface area contributed by atoms with Crippen molar-refractivity contribution in [1.29, 1.82) is 5.39 Å². The number of benzene rings is 2. The summed E-state index contributed by atoms with van der Waals surface area (Å²) in [4.78, 5) is 3.09. The van der Waals surface area contributed by atoms with Crippen molar-refractivity contribution in [3.8, 4) is 11.5 Å². The molecule has 84 valence electrons. The van der Waals surface area contributed by atoms with E-state index in [1.807, 2.05) is 24.3 Å². The monoisotopic (exact) mass is 225 g/mol. The van der Waals surface area contributed by atoms with E-state index in [0.717, 1.165) is 17.9 Å². The van der Waals surface area contributed by atoms with E-state index in [4.69, 9.17) is 10.1 Å². The topological polar surface area (TPSA) is 37.4 Å². The maximum atomic E-state index is 8.56. The molecule has 0 amide bonds. The van der Waals surface area contributed by atoms with E-state index in [0.29, 0.717) is 5.69 Å². The van der Waals surface area contributed by atoms with Gasteiger partial charge in [0, 0.05) is 12.1 Å². The van der Waals surface area contributed by atoms with Crippen molar-refractivity contribution in [3.05, 3.63) is 59.1 Å². The van der Waals surface area contributed by atoms with Gasteiger partial charge in [0.2, 0.25) is 5.39 Å². The first-order valence-corrected chi connectivity index (χ1v) is 5.54. The van der Waals surface area contributed by atoms with Crippen LogP contribution in [0.15, 0.2) is 48.5 Å². The molecule has 0 spiro atoms. The molecule has 2 aromatic carbocycles. The second-order valence-electron chi connectivity index (χ2n) is 3.69. The van der Waals surface area contributed by atoms with Gasteiger partial charge in [0.25, 0.3) is 0 Å². The predicted molar refractivity (Wildman–Crippen MR) is 67.1 cm³/mol. The van der Waals surface area contributed by atoms with Crippen LogP contribution in [0, 0.1) is 5.39 Å². The largest absolute Gasteiger partial charge is 0.457 e. The van der Waals surface area contributed by atoms with Crippen molar-refractivity contribution < 1.29 is 4.74 Å². The first-order chi connectivity index (χ1) is 8.31. The van der Waals surface area contributed by atoms with E-state index in [1.54, 1.807) is 24.3 Å². The molecule has 17 heavy (non-hydrogen) atoms. The molecule has 0 bridgehead atoms. The summed E-state index contributed by atoms with van der Waals surface area (Å²) in [7, 11) is 0. The van der Waals surface area contributed by atoms with E-state index >= 15 is 0 Å². The molecule has 3 heteroatoms. The van der Waals surface area contributed by atoms with Crippen LogP contribution in [0.2, 0.25) is 0 Å². The zero-order valence-electron chi connectivity index (χ0n) is 9.63. The number of hydrogen-bond donors (Lipinski definition) is 0. The van der Waals surface area contributed by atoms with Gasteiger partial charge in [0.15, 0.2) is 4.98 Å². The lowest BCUT2D eigenvalue weighted by molar-refractivity contribution is 0.482. The number of ether oxygens (including phenoxy) is 1. The zero-order chi connectivity index (χ0) is 12.1. The van der Waals surface area contributed by atoms with Crippen molar-refractivity contribution in [2.24, 2.45) is 0 Å². The molecule has 0 heterocycles. The van der Waals surface area contributed by atoms with Gasteiger partial charge in [0.1, 0.15) is 11.5 Å². The molecule has 2 rings (SSSR count). The van der Waals surface area contributed by atoms with Crippen LogP contribution < -0.4 is 4.74 Å². The van der Waals surface area contributed by atoms with Crippen LogP contribution in [0.1, 0.15) is 12.5 Å². The second-order valence-corrected chi connectivity index (χ2v) is 3.69. The summed E-state index contributed by atoms with van der Waals surface area (Å²) in [6.45, 7) is 2.12. The predicted octanol–water partition coefficient (Wildman–Crippen LogP) is 4.53. The van der Waals surface area contributed by atoms with Crippen molar-refractivity contribution >= 4 is 5.69 Å². The Morgan fingerprint density at radius 1 is 0.941 bits per heavy atom. The molecule has 3 nitrogen and oxygen atoms in total. The third-order valence-electron chi connectivity index (χ3n) is 2.52. The highest BCUT2D eigenvalue weighted by molar-refractivity contribution is 5.47. The molecular weight excluding hydrogens is 212 g/mol. The molecular formula is C14H13N2O+. The number of hydrogen-bond acceptors (Lipinski definition) is 2. The minimum absolute atomic E-state index is 0.513. The lowest BCUT2D eigenvalue weighted by Crippen LogP contribution is -1.84. The van der Waals surface area contributed by atoms with E-state index in [-0.39, 0.29) is 0 Å². The quantitative estimate of drug-likeness (QED) is 0.720. The highest BCUT2D eigenvalue weighted by Gasteiger charge is 2.03. The lowest BCUT2D eigenvalue weighted by atomic mass is 10.2. The molecule has 0 aliphatic carbocycles. The fourth-order valence-corrected chi connectivity index (χ4v) is 1.51. The van der Waals surface area contributed by atoms with Crippen LogP contribution >= 0.6 is 0 Å². The Hall–Kier alpha value is -2.34. The van der Waals surface area contributed by atoms with Crippen LogP contribution in [-0.4, -0.2) is 0 Å². The van der Waals surface area contributed by atoms with Crippen LogP contribution in [0.3, 0.4) is 0 Å². The Bertz CT molecular complexity index is 524. The van der Waals surface area contributed by atoms with E-state index in [2.05, 4.69) is 11.9 Å². The van der Waals surface area contributed by atoms with Crippen LogP contribution in [0.25, 0.3) is 4.98 Å². The molecule has 0 aliphatic heterocycles. The second kappa shape index (κ2) is 5.13. The molecule has 0 aliphatic rings. The van der Waals surface area contributed by atoms with Gasteiger partial charge < -0.3 is 4.74 Å². The number of rotatable bonds is 3. The number of aryl methyl sites for hydroxylation is 1. The minimum Gasteiger partial charge on any atom is -0.457 e. The van der Waals surface area contributed by atoms with Crippen molar-refractivity contribution in [2.45, 2.75) is 13.3 Å². The molecule has 0 unspecified atom stereocenters. The normalized spacial score (nSPS) is 9.65. The minimum atomic E-state index is 0.513. The summed E-state index contributed by atoms with van der Waals surface area (Å²) in [5.74, 6) is 1.53. The van der Waals surface area contributed by atoms with Gasteiger partial charge in [0.05, 0.1) is 0 Å². The van der Waals surface area contributed by atoms with Gasteiger partial charge in [-0.25, -0.2) is 0 Å². The van der Waals surface area contributed by atoms with E-state index in [1.165, 1.54) is 5.56 Å².